The third kappa shape index (κ3) is 4.33. The van der Waals surface area contributed by atoms with E-state index in [4.69, 9.17) is 0 Å². The molecule has 0 spiro atoms. The van der Waals surface area contributed by atoms with Gasteiger partial charge < -0.3 is 15.2 Å². The van der Waals surface area contributed by atoms with E-state index in [2.05, 4.69) is 42.3 Å². The van der Waals surface area contributed by atoms with Crippen molar-refractivity contribution in [2.45, 2.75) is 31.7 Å². The molecule has 0 radical (unpaired) electrons. The number of nitrogens with zero attached hydrogens (tertiary/aromatic N) is 1. The molecule has 0 atom stereocenters. The van der Waals surface area contributed by atoms with Gasteiger partial charge in [0.05, 0.1) is 11.3 Å². The van der Waals surface area contributed by atoms with E-state index in [-0.39, 0.29) is 11.8 Å². The number of thioether (sulfide) groups is 1. The third-order valence-corrected chi connectivity index (χ3v) is 7.56. The monoisotopic (exact) mass is 469 g/mol. The predicted octanol–water partition coefficient (Wildman–Crippen LogP) is 5.40. The van der Waals surface area contributed by atoms with Crippen LogP contribution < -0.4 is 10.2 Å². The molecule has 6 heteroatoms. The molecule has 5 rings (SSSR count). The van der Waals surface area contributed by atoms with Crippen LogP contribution in [0, 0.1) is 13.8 Å². The normalized spacial score (nSPS) is 12.7. The number of fused-ring (bicyclic) bond motifs is 2. The molecule has 0 saturated carbocycles. The summed E-state index contributed by atoms with van der Waals surface area (Å²) < 4.78 is 0. The summed E-state index contributed by atoms with van der Waals surface area (Å²) in [6.45, 7) is 5.33. The number of H-pyrrole nitrogens is 1. The molecule has 1 aliphatic heterocycles. The van der Waals surface area contributed by atoms with Gasteiger partial charge in [-0.1, -0.05) is 36.4 Å². The second-order valence-corrected chi connectivity index (χ2v) is 9.66. The maximum atomic E-state index is 13.0. The molecule has 34 heavy (non-hydrogen) atoms. The molecule has 5 nitrogen and oxygen atoms in total. The van der Waals surface area contributed by atoms with Gasteiger partial charge in [0.1, 0.15) is 0 Å². The Morgan fingerprint density at radius 1 is 1.03 bits per heavy atom. The van der Waals surface area contributed by atoms with Crippen molar-refractivity contribution >= 4 is 40.2 Å². The summed E-state index contributed by atoms with van der Waals surface area (Å²) in [5.74, 6) is 0.223. The molecule has 0 saturated heterocycles. The molecule has 2 N–H and O–H groups in total. The first kappa shape index (κ1) is 22.3. The number of aromatic amines is 1. The maximum Gasteiger partial charge on any atom is 0.252 e. The van der Waals surface area contributed by atoms with Crippen molar-refractivity contribution in [3.63, 3.8) is 0 Å². The van der Waals surface area contributed by atoms with E-state index < -0.39 is 0 Å². The van der Waals surface area contributed by atoms with Crippen molar-refractivity contribution in [3.8, 4) is 0 Å². The fourth-order valence-electron chi connectivity index (χ4n) is 4.49. The quantitative estimate of drug-likeness (QED) is 0.372. The second kappa shape index (κ2) is 9.39. The van der Waals surface area contributed by atoms with Crippen LogP contribution in [-0.2, 0) is 17.8 Å². The van der Waals surface area contributed by atoms with Gasteiger partial charge in [0.15, 0.2) is 0 Å². The number of para-hydroxylation sites is 1. The topological polar surface area (TPSA) is 65.2 Å². The fraction of sp³-hybridized carbons (Fsp3) is 0.214. The van der Waals surface area contributed by atoms with Gasteiger partial charge in [0, 0.05) is 40.3 Å². The standard InChI is InChI=1S/C28H27N3O2S/c1-18-19(2)30-24-12-11-20(15-23(18)24)16-29-28(33)22-8-4-6-10-26(22)34-17-27(32)31-14-13-21-7-3-5-9-25(21)31/h3-12,15,30H,13-14,16-17H2,1-2H3,(H,29,33). The van der Waals surface area contributed by atoms with Gasteiger partial charge in [0.25, 0.3) is 5.91 Å². The molecule has 172 valence electrons. The Labute approximate surface area is 203 Å². The summed E-state index contributed by atoms with van der Waals surface area (Å²) >= 11 is 1.42. The maximum absolute atomic E-state index is 13.0. The Morgan fingerprint density at radius 2 is 1.82 bits per heavy atom. The molecular weight excluding hydrogens is 442 g/mol. The van der Waals surface area contributed by atoms with Crippen LogP contribution >= 0.6 is 11.8 Å². The molecule has 0 unspecified atom stereocenters. The second-order valence-electron chi connectivity index (χ2n) is 8.65. The van der Waals surface area contributed by atoms with Gasteiger partial charge in [-0.3, -0.25) is 9.59 Å². The van der Waals surface area contributed by atoms with Gasteiger partial charge in [-0.15, -0.1) is 11.8 Å². The Morgan fingerprint density at radius 3 is 2.71 bits per heavy atom. The van der Waals surface area contributed by atoms with E-state index in [1.54, 1.807) is 0 Å². The lowest BCUT2D eigenvalue weighted by Gasteiger charge is -2.17. The lowest BCUT2D eigenvalue weighted by molar-refractivity contribution is -0.116. The average molecular weight is 470 g/mol. The van der Waals surface area contributed by atoms with Crippen LogP contribution in [0.4, 0.5) is 5.69 Å². The highest BCUT2D eigenvalue weighted by molar-refractivity contribution is 8.00. The summed E-state index contributed by atoms with van der Waals surface area (Å²) in [6, 6.07) is 21.7. The van der Waals surface area contributed by atoms with Crippen molar-refractivity contribution in [1.82, 2.24) is 10.3 Å². The smallest absolute Gasteiger partial charge is 0.252 e. The minimum atomic E-state index is -0.135. The number of benzene rings is 3. The van der Waals surface area contributed by atoms with E-state index in [1.165, 1.54) is 28.3 Å². The molecule has 1 aliphatic rings. The van der Waals surface area contributed by atoms with Crippen LogP contribution in [0.2, 0.25) is 0 Å². The number of amides is 2. The molecule has 4 aromatic rings. The number of carbonyl (C=O) groups excluding carboxylic acids is 2. The highest BCUT2D eigenvalue weighted by atomic mass is 32.2. The van der Waals surface area contributed by atoms with E-state index in [1.807, 2.05) is 53.4 Å². The van der Waals surface area contributed by atoms with E-state index in [0.29, 0.717) is 24.4 Å². The lowest BCUT2D eigenvalue weighted by Crippen LogP contribution is -2.30. The van der Waals surface area contributed by atoms with Gasteiger partial charge in [-0.2, -0.15) is 0 Å². The van der Waals surface area contributed by atoms with Crippen LogP contribution in [0.5, 0.6) is 0 Å². The van der Waals surface area contributed by atoms with Gasteiger partial charge in [-0.05, 0) is 67.3 Å². The molecule has 1 aromatic heterocycles. The highest BCUT2D eigenvalue weighted by Gasteiger charge is 2.24. The summed E-state index contributed by atoms with van der Waals surface area (Å²) in [7, 11) is 0. The van der Waals surface area contributed by atoms with Gasteiger partial charge >= 0.3 is 0 Å². The van der Waals surface area contributed by atoms with Gasteiger partial charge in [-0.25, -0.2) is 0 Å². The number of anilines is 1. The zero-order chi connectivity index (χ0) is 23.7. The summed E-state index contributed by atoms with van der Waals surface area (Å²) in [5.41, 5.74) is 7.36. The summed E-state index contributed by atoms with van der Waals surface area (Å²) in [4.78, 5) is 32.0. The molecule has 0 fully saturated rings. The SMILES string of the molecule is Cc1[nH]c2ccc(CNC(=O)c3ccccc3SCC(=O)N3CCc4ccccc43)cc2c1C. The van der Waals surface area contributed by atoms with Crippen LogP contribution in [0.25, 0.3) is 10.9 Å². The number of nitrogens with one attached hydrogen (secondary N) is 2. The minimum Gasteiger partial charge on any atom is -0.358 e. The summed E-state index contributed by atoms with van der Waals surface area (Å²) in [6.07, 6.45) is 0.888. The van der Waals surface area contributed by atoms with Crippen molar-refractivity contribution in [1.29, 1.82) is 0 Å². The van der Waals surface area contributed by atoms with Crippen molar-refractivity contribution in [2.24, 2.45) is 0 Å². The van der Waals surface area contributed by atoms with Crippen molar-refractivity contribution in [3.05, 3.63) is 94.7 Å². The van der Waals surface area contributed by atoms with Crippen molar-refractivity contribution in [2.75, 3.05) is 17.2 Å². The Hall–Kier alpha value is -3.51. The van der Waals surface area contributed by atoms with E-state index >= 15 is 0 Å². The fourth-order valence-corrected chi connectivity index (χ4v) is 5.42. The summed E-state index contributed by atoms with van der Waals surface area (Å²) in [5, 5.41) is 4.23. The van der Waals surface area contributed by atoms with Crippen LogP contribution in [0.1, 0.15) is 32.7 Å². The van der Waals surface area contributed by atoms with E-state index in [9.17, 15) is 9.59 Å². The zero-order valence-electron chi connectivity index (χ0n) is 19.4. The largest absolute Gasteiger partial charge is 0.358 e. The first-order valence-electron chi connectivity index (χ1n) is 11.5. The zero-order valence-corrected chi connectivity index (χ0v) is 20.2. The van der Waals surface area contributed by atoms with Crippen LogP contribution in [-0.4, -0.2) is 29.1 Å². The number of aryl methyl sites for hydroxylation is 2. The Bertz CT molecular complexity index is 1390. The molecule has 3 aromatic carbocycles. The predicted molar refractivity (Wildman–Crippen MR) is 139 cm³/mol. The molecular formula is C28H27N3O2S. The lowest BCUT2D eigenvalue weighted by atomic mass is 10.1. The van der Waals surface area contributed by atoms with Crippen molar-refractivity contribution < 1.29 is 9.59 Å². The number of aromatic nitrogens is 1. The third-order valence-electron chi connectivity index (χ3n) is 6.50. The molecule has 2 heterocycles. The van der Waals surface area contributed by atoms with Gasteiger partial charge in [0.2, 0.25) is 5.91 Å². The Kier molecular flexibility index (Phi) is 6.16. The number of hydrogen-bond donors (Lipinski definition) is 2. The number of hydrogen-bond acceptors (Lipinski definition) is 3. The van der Waals surface area contributed by atoms with Crippen LogP contribution in [0.3, 0.4) is 0 Å². The molecule has 0 bridgehead atoms. The van der Waals surface area contributed by atoms with E-state index in [0.717, 1.165) is 33.8 Å². The Balaban J connectivity index is 1.24. The first-order valence-corrected chi connectivity index (χ1v) is 12.5. The number of rotatable bonds is 6. The highest BCUT2D eigenvalue weighted by Crippen LogP contribution is 2.30. The number of carbonyl (C=O) groups is 2. The first-order chi connectivity index (χ1) is 16.5. The minimum absolute atomic E-state index is 0.0654. The molecule has 0 aliphatic carbocycles. The molecule has 2 amide bonds. The average Bonchev–Trinajstić information content (AvgIpc) is 3.42. The van der Waals surface area contributed by atoms with Crippen LogP contribution in [0.15, 0.2) is 71.6 Å².